The highest BCUT2D eigenvalue weighted by Gasteiger charge is 2.17. The lowest BCUT2D eigenvalue weighted by Gasteiger charge is -2.20. The zero-order chi connectivity index (χ0) is 15.4. The van der Waals surface area contributed by atoms with E-state index in [0.29, 0.717) is 6.42 Å². The molecule has 1 nitrogen and oxygen atoms in total. The van der Waals surface area contributed by atoms with Gasteiger partial charge in [0.25, 0.3) is 0 Å². The number of halogens is 3. The van der Waals surface area contributed by atoms with Gasteiger partial charge in [0, 0.05) is 11.1 Å². The summed E-state index contributed by atoms with van der Waals surface area (Å²) in [6.45, 7) is 4.78. The Morgan fingerprint density at radius 3 is 2.62 bits per heavy atom. The van der Waals surface area contributed by atoms with E-state index in [1.165, 1.54) is 6.07 Å². The number of likely N-dealkylation sites (N-methyl/N-ethyl adjacent to an activating group) is 1. The van der Waals surface area contributed by atoms with Crippen molar-refractivity contribution in [3.8, 4) is 0 Å². The summed E-state index contributed by atoms with van der Waals surface area (Å²) in [4.78, 5) is 0. The molecule has 2 aromatic rings. The van der Waals surface area contributed by atoms with Crippen molar-refractivity contribution in [3.63, 3.8) is 0 Å². The third-order valence-electron chi connectivity index (χ3n) is 3.44. The maximum atomic E-state index is 13.7. The van der Waals surface area contributed by atoms with E-state index < -0.39 is 5.82 Å². The molecule has 0 radical (unpaired) electrons. The van der Waals surface area contributed by atoms with Gasteiger partial charge in [0.2, 0.25) is 0 Å². The topological polar surface area (TPSA) is 12.0 Å². The Labute approximate surface area is 135 Å². The molecule has 0 aliphatic rings. The van der Waals surface area contributed by atoms with Gasteiger partial charge in [0.15, 0.2) is 0 Å². The second-order valence-electron chi connectivity index (χ2n) is 5.05. The third-order valence-corrected chi connectivity index (χ3v) is 4.19. The number of nitrogens with one attached hydrogen (secondary N) is 1. The maximum Gasteiger partial charge on any atom is 0.142 e. The molecule has 112 valence electrons. The Kier molecular flexibility index (Phi) is 5.63. The molecule has 4 heteroatoms. The first kappa shape index (κ1) is 16.3. The van der Waals surface area contributed by atoms with E-state index in [1.54, 1.807) is 6.07 Å². The molecule has 0 amide bonds. The van der Waals surface area contributed by atoms with Crippen LogP contribution in [-0.4, -0.2) is 6.54 Å². The Balaban J connectivity index is 2.33. The lowest BCUT2D eigenvalue weighted by Crippen LogP contribution is -2.23. The van der Waals surface area contributed by atoms with Gasteiger partial charge in [-0.2, -0.15) is 0 Å². The van der Waals surface area contributed by atoms with Gasteiger partial charge in [-0.25, -0.2) is 4.39 Å². The maximum absolute atomic E-state index is 13.7. The fraction of sp³-hybridized carbons (Fsp3) is 0.294. The van der Waals surface area contributed by atoms with E-state index in [1.807, 2.05) is 38.1 Å². The number of hydrogen-bond acceptors (Lipinski definition) is 1. The average molecular weight is 326 g/mol. The number of rotatable bonds is 5. The van der Waals surface area contributed by atoms with Gasteiger partial charge in [-0.1, -0.05) is 54.4 Å². The van der Waals surface area contributed by atoms with Crippen molar-refractivity contribution >= 4 is 23.2 Å². The minimum absolute atomic E-state index is 0.0709. The molecule has 0 bridgehead atoms. The summed E-state index contributed by atoms with van der Waals surface area (Å²) in [6, 6.07) is 10.8. The minimum Gasteiger partial charge on any atom is -0.310 e. The molecule has 2 rings (SSSR count). The van der Waals surface area contributed by atoms with Crippen molar-refractivity contribution in [3.05, 3.63) is 69.0 Å². The zero-order valence-electron chi connectivity index (χ0n) is 12.1. The molecule has 0 aliphatic heterocycles. The second-order valence-corrected chi connectivity index (χ2v) is 5.84. The molecule has 1 atom stereocenters. The summed E-state index contributed by atoms with van der Waals surface area (Å²) in [5.41, 5.74) is 2.90. The number of aryl methyl sites for hydroxylation is 1. The van der Waals surface area contributed by atoms with Gasteiger partial charge in [-0.3, -0.25) is 0 Å². The van der Waals surface area contributed by atoms with Crippen molar-refractivity contribution in [2.24, 2.45) is 0 Å². The van der Waals surface area contributed by atoms with Crippen molar-refractivity contribution in [2.75, 3.05) is 6.54 Å². The summed E-state index contributed by atoms with van der Waals surface area (Å²) in [7, 11) is 0. The summed E-state index contributed by atoms with van der Waals surface area (Å²) >= 11 is 12.4. The summed E-state index contributed by atoms with van der Waals surface area (Å²) < 4.78 is 13.7. The van der Waals surface area contributed by atoms with E-state index >= 15 is 0 Å². The monoisotopic (exact) mass is 325 g/mol. The van der Waals surface area contributed by atoms with Crippen LogP contribution in [0, 0.1) is 12.7 Å². The molecule has 0 saturated heterocycles. The highest BCUT2D eigenvalue weighted by atomic mass is 35.5. The van der Waals surface area contributed by atoms with Crippen LogP contribution in [-0.2, 0) is 6.42 Å². The summed E-state index contributed by atoms with van der Waals surface area (Å²) in [5.74, 6) is -0.396. The van der Waals surface area contributed by atoms with Crippen LogP contribution in [0.3, 0.4) is 0 Å². The average Bonchev–Trinajstić information content (AvgIpc) is 2.44. The smallest absolute Gasteiger partial charge is 0.142 e. The van der Waals surface area contributed by atoms with Gasteiger partial charge in [-0.05, 0) is 48.7 Å². The quantitative estimate of drug-likeness (QED) is 0.782. The van der Waals surface area contributed by atoms with Crippen LogP contribution in [0.4, 0.5) is 4.39 Å². The molecular weight excluding hydrogens is 308 g/mol. The molecule has 2 aromatic carbocycles. The zero-order valence-corrected chi connectivity index (χ0v) is 13.6. The first-order chi connectivity index (χ1) is 10.0. The molecule has 0 aliphatic carbocycles. The molecule has 0 spiro atoms. The van der Waals surface area contributed by atoms with Crippen LogP contribution in [0.5, 0.6) is 0 Å². The van der Waals surface area contributed by atoms with E-state index in [0.717, 1.165) is 28.3 Å². The molecule has 1 unspecified atom stereocenters. The van der Waals surface area contributed by atoms with Crippen LogP contribution < -0.4 is 5.32 Å². The van der Waals surface area contributed by atoms with Crippen LogP contribution in [0.2, 0.25) is 10.0 Å². The van der Waals surface area contributed by atoms with E-state index in [4.69, 9.17) is 23.2 Å². The first-order valence-electron chi connectivity index (χ1n) is 6.95. The molecule has 0 saturated carbocycles. The molecule has 0 fully saturated rings. The van der Waals surface area contributed by atoms with Gasteiger partial charge in [0.1, 0.15) is 5.82 Å². The highest BCUT2D eigenvalue weighted by Crippen LogP contribution is 2.30. The van der Waals surface area contributed by atoms with Crippen molar-refractivity contribution in [2.45, 2.75) is 26.3 Å². The van der Waals surface area contributed by atoms with E-state index in [9.17, 15) is 4.39 Å². The number of benzene rings is 2. The predicted molar refractivity (Wildman–Crippen MR) is 87.7 cm³/mol. The van der Waals surface area contributed by atoms with Crippen LogP contribution in [0.1, 0.15) is 29.7 Å². The second kappa shape index (κ2) is 7.26. The highest BCUT2D eigenvalue weighted by molar-refractivity contribution is 6.32. The van der Waals surface area contributed by atoms with Gasteiger partial charge in [0.05, 0.1) is 5.02 Å². The van der Waals surface area contributed by atoms with Gasteiger partial charge >= 0.3 is 0 Å². The van der Waals surface area contributed by atoms with Crippen LogP contribution >= 0.6 is 23.2 Å². The molecule has 21 heavy (non-hydrogen) atoms. The lowest BCUT2D eigenvalue weighted by atomic mass is 9.98. The Bertz CT molecular complexity index is 628. The summed E-state index contributed by atoms with van der Waals surface area (Å²) in [5, 5.41) is 4.25. The third kappa shape index (κ3) is 3.97. The van der Waals surface area contributed by atoms with E-state index in [2.05, 4.69) is 5.32 Å². The minimum atomic E-state index is -0.396. The normalized spacial score (nSPS) is 12.4. The fourth-order valence-electron chi connectivity index (χ4n) is 2.37. The van der Waals surface area contributed by atoms with E-state index in [-0.39, 0.29) is 11.1 Å². The Morgan fingerprint density at radius 1 is 1.19 bits per heavy atom. The predicted octanol–water partition coefficient (Wildman–Crippen LogP) is 5.33. The molecular formula is C17H18Cl2FN. The Hall–Kier alpha value is -1.09. The molecule has 1 N–H and O–H groups in total. The van der Waals surface area contributed by atoms with Crippen molar-refractivity contribution in [1.82, 2.24) is 5.32 Å². The lowest BCUT2D eigenvalue weighted by molar-refractivity contribution is 0.543. The number of hydrogen-bond donors (Lipinski definition) is 1. The molecule has 0 heterocycles. The Morgan fingerprint density at radius 2 is 1.95 bits per heavy atom. The van der Waals surface area contributed by atoms with Crippen molar-refractivity contribution in [1.29, 1.82) is 0 Å². The molecule has 0 aromatic heterocycles. The largest absolute Gasteiger partial charge is 0.310 e. The van der Waals surface area contributed by atoms with Crippen LogP contribution in [0.25, 0.3) is 0 Å². The van der Waals surface area contributed by atoms with Gasteiger partial charge in [-0.15, -0.1) is 0 Å². The van der Waals surface area contributed by atoms with Crippen LogP contribution in [0.15, 0.2) is 36.4 Å². The SMILES string of the molecule is CCNC(Cc1ccc(C)cc1Cl)c1cccc(F)c1Cl. The summed E-state index contributed by atoms with van der Waals surface area (Å²) in [6.07, 6.45) is 0.663. The fourth-order valence-corrected chi connectivity index (χ4v) is 2.94. The standard InChI is InChI=1S/C17H18Cl2FN/c1-3-21-16(13-5-4-6-15(20)17(13)19)10-12-8-7-11(2)9-14(12)18/h4-9,16,21H,3,10H2,1-2H3. The van der Waals surface area contributed by atoms with Crippen molar-refractivity contribution < 1.29 is 4.39 Å². The van der Waals surface area contributed by atoms with Gasteiger partial charge < -0.3 is 5.32 Å². The first-order valence-corrected chi connectivity index (χ1v) is 7.70.